The number of imidazole rings is 1. The van der Waals surface area contributed by atoms with E-state index in [1.165, 1.54) is 25.7 Å². The van der Waals surface area contributed by atoms with Crippen molar-refractivity contribution in [3.63, 3.8) is 0 Å². The molecular weight excluding hydrogens is 206 g/mol. The third-order valence-corrected chi connectivity index (χ3v) is 3.37. The molecule has 1 aromatic rings. The fourth-order valence-electron chi connectivity index (χ4n) is 2.45. The molecule has 1 aromatic heterocycles. The maximum Gasteiger partial charge on any atom is 0.167 e. The summed E-state index contributed by atoms with van der Waals surface area (Å²) in [5.41, 5.74) is 5.65. The van der Waals surface area contributed by atoms with Gasteiger partial charge >= 0.3 is 0 Å². The molecule has 1 aliphatic rings. The predicted molar refractivity (Wildman–Crippen MR) is 64.8 cm³/mol. The Balaban J connectivity index is 2.21. The van der Waals surface area contributed by atoms with Crippen LogP contribution < -0.4 is 5.73 Å². The van der Waals surface area contributed by atoms with Gasteiger partial charge in [-0.25, -0.2) is 4.98 Å². The van der Waals surface area contributed by atoms with Crippen LogP contribution in [0, 0.1) is 5.92 Å². The zero-order valence-electron chi connectivity index (χ0n) is 9.02. The van der Waals surface area contributed by atoms with Gasteiger partial charge in [-0.15, -0.1) is 0 Å². The summed E-state index contributed by atoms with van der Waals surface area (Å²) < 4.78 is 2.15. The van der Waals surface area contributed by atoms with Crippen molar-refractivity contribution in [1.82, 2.24) is 9.55 Å². The topological polar surface area (TPSA) is 43.8 Å². The molecule has 1 aliphatic carbocycles. The monoisotopic (exact) mass is 223 g/mol. The number of aromatic nitrogens is 2. The first-order chi connectivity index (χ1) is 7.18. The molecule has 15 heavy (non-hydrogen) atoms. The molecule has 2 N–H and O–H groups in total. The maximum atomic E-state index is 5.65. The number of thiocarbonyl (C=S) groups is 1. The molecule has 0 saturated heterocycles. The molecule has 0 aliphatic heterocycles. The zero-order chi connectivity index (χ0) is 10.8. The summed E-state index contributed by atoms with van der Waals surface area (Å²) in [5.74, 6) is 1.56. The average Bonchev–Trinajstić information content (AvgIpc) is 2.65. The Morgan fingerprint density at radius 3 is 3.07 bits per heavy atom. The molecule has 1 heterocycles. The van der Waals surface area contributed by atoms with Gasteiger partial charge in [-0.05, 0) is 18.8 Å². The molecular formula is C11H17N3S. The van der Waals surface area contributed by atoms with Gasteiger partial charge < -0.3 is 10.3 Å². The van der Waals surface area contributed by atoms with E-state index in [0.29, 0.717) is 11.0 Å². The van der Waals surface area contributed by atoms with Crippen LogP contribution in [-0.2, 0) is 0 Å². The number of hydrogen-bond donors (Lipinski definition) is 1. The lowest BCUT2D eigenvalue weighted by Gasteiger charge is -2.28. The van der Waals surface area contributed by atoms with E-state index < -0.39 is 0 Å². The lowest BCUT2D eigenvalue weighted by molar-refractivity contribution is 0.281. The molecule has 1 saturated carbocycles. The fourth-order valence-corrected chi connectivity index (χ4v) is 2.61. The number of nitrogens with two attached hydrogens (primary N) is 1. The minimum absolute atomic E-state index is 0.401. The van der Waals surface area contributed by atoms with Gasteiger partial charge in [0.05, 0.1) is 0 Å². The summed E-state index contributed by atoms with van der Waals surface area (Å²) in [4.78, 5) is 4.61. The zero-order valence-corrected chi connectivity index (χ0v) is 9.83. The quantitative estimate of drug-likeness (QED) is 0.782. The van der Waals surface area contributed by atoms with E-state index in [1.807, 2.05) is 6.20 Å². The van der Waals surface area contributed by atoms with E-state index in [4.69, 9.17) is 18.0 Å². The van der Waals surface area contributed by atoms with Crippen LogP contribution in [0.4, 0.5) is 0 Å². The Labute approximate surface area is 95.7 Å². The number of rotatable bonds is 2. The third kappa shape index (κ3) is 2.20. The van der Waals surface area contributed by atoms with E-state index in [1.54, 1.807) is 6.20 Å². The highest BCUT2D eigenvalue weighted by Crippen LogP contribution is 2.32. The highest BCUT2D eigenvalue weighted by molar-refractivity contribution is 7.80. The second kappa shape index (κ2) is 4.31. The van der Waals surface area contributed by atoms with Crippen LogP contribution in [0.25, 0.3) is 0 Å². The highest BCUT2D eigenvalue weighted by atomic mass is 32.1. The smallest absolute Gasteiger partial charge is 0.167 e. The van der Waals surface area contributed by atoms with Crippen LogP contribution >= 0.6 is 12.2 Å². The Morgan fingerprint density at radius 2 is 2.40 bits per heavy atom. The SMILES string of the molecule is CC1CCCC(n2ccnc2C(N)=S)C1. The van der Waals surface area contributed by atoms with Gasteiger partial charge in [-0.1, -0.05) is 32.0 Å². The molecule has 4 heteroatoms. The minimum atomic E-state index is 0.401. The lowest BCUT2D eigenvalue weighted by atomic mass is 9.87. The van der Waals surface area contributed by atoms with Gasteiger partial charge in [0, 0.05) is 18.4 Å². The first-order valence-electron chi connectivity index (χ1n) is 5.51. The van der Waals surface area contributed by atoms with Gasteiger partial charge in [0.15, 0.2) is 5.82 Å². The van der Waals surface area contributed by atoms with E-state index >= 15 is 0 Å². The van der Waals surface area contributed by atoms with Crippen molar-refractivity contribution in [1.29, 1.82) is 0 Å². The van der Waals surface area contributed by atoms with Crippen LogP contribution in [0.2, 0.25) is 0 Å². The van der Waals surface area contributed by atoms with E-state index in [2.05, 4.69) is 16.5 Å². The minimum Gasteiger partial charge on any atom is -0.387 e. The van der Waals surface area contributed by atoms with Gasteiger partial charge in [0.1, 0.15) is 4.99 Å². The third-order valence-electron chi connectivity index (χ3n) is 3.19. The van der Waals surface area contributed by atoms with Crippen molar-refractivity contribution >= 4 is 17.2 Å². The summed E-state index contributed by atoms with van der Waals surface area (Å²) in [6.45, 7) is 2.31. The van der Waals surface area contributed by atoms with E-state index in [-0.39, 0.29) is 0 Å². The van der Waals surface area contributed by atoms with Crippen molar-refractivity contribution in [3.05, 3.63) is 18.2 Å². The first-order valence-corrected chi connectivity index (χ1v) is 5.92. The molecule has 2 rings (SSSR count). The molecule has 0 spiro atoms. The maximum absolute atomic E-state index is 5.65. The lowest BCUT2D eigenvalue weighted by Crippen LogP contribution is -2.23. The molecule has 0 bridgehead atoms. The Morgan fingerprint density at radius 1 is 1.60 bits per heavy atom. The van der Waals surface area contributed by atoms with Crippen LogP contribution in [0.1, 0.15) is 44.5 Å². The largest absolute Gasteiger partial charge is 0.387 e. The van der Waals surface area contributed by atoms with Crippen LogP contribution in [-0.4, -0.2) is 14.5 Å². The molecule has 3 nitrogen and oxygen atoms in total. The highest BCUT2D eigenvalue weighted by Gasteiger charge is 2.22. The van der Waals surface area contributed by atoms with E-state index in [0.717, 1.165) is 11.7 Å². The molecule has 2 unspecified atom stereocenters. The summed E-state index contributed by atoms with van der Waals surface area (Å²) in [5, 5.41) is 0. The molecule has 82 valence electrons. The molecule has 1 fully saturated rings. The van der Waals surface area contributed by atoms with Crippen molar-refractivity contribution in [2.75, 3.05) is 0 Å². The van der Waals surface area contributed by atoms with Crippen LogP contribution in [0.15, 0.2) is 12.4 Å². The predicted octanol–water partition coefficient (Wildman–Crippen LogP) is 2.27. The molecule has 0 radical (unpaired) electrons. The average molecular weight is 223 g/mol. The van der Waals surface area contributed by atoms with Gasteiger partial charge in [-0.2, -0.15) is 0 Å². The second-order valence-electron chi connectivity index (χ2n) is 4.45. The first kappa shape index (κ1) is 10.6. The van der Waals surface area contributed by atoms with Gasteiger partial charge in [-0.3, -0.25) is 0 Å². The summed E-state index contributed by atoms with van der Waals surface area (Å²) in [6, 6.07) is 0.535. The van der Waals surface area contributed by atoms with Crippen molar-refractivity contribution < 1.29 is 0 Å². The van der Waals surface area contributed by atoms with Crippen LogP contribution in [0.5, 0.6) is 0 Å². The van der Waals surface area contributed by atoms with Gasteiger partial charge in [0.25, 0.3) is 0 Å². The molecule has 0 amide bonds. The number of nitrogens with zero attached hydrogens (tertiary/aromatic N) is 2. The van der Waals surface area contributed by atoms with Gasteiger partial charge in [0.2, 0.25) is 0 Å². The molecule has 0 aromatic carbocycles. The van der Waals surface area contributed by atoms with Crippen molar-refractivity contribution in [3.8, 4) is 0 Å². The van der Waals surface area contributed by atoms with E-state index in [9.17, 15) is 0 Å². The summed E-state index contributed by atoms with van der Waals surface area (Å²) in [7, 11) is 0. The van der Waals surface area contributed by atoms with Crippen molar-refractivity contribution in [2.45, 2.75) is 38.6 Å². The Kier molecular flexibility index (Phi) is 3.05. The Bertz CT molecular complexity index is 358. The Hall–Kier alpha value is -0.900. The summed E-state index contributed by atoms with van der Waals surface area (Å²) >= 11 is 5.00. The summed E-state index contributed by atoms with van der Waals surface area (Å²) in [6.07, 6.45) is 8.85. The second-order valence-corrected chi connectivity index (χ2v) is 4.89. The standard InChI is InChI=1S/C11H17N3S/c1-8-3-2-4-9(7-8)14-6-5-13-11(14)10(12)15/h5-6,8-9H,2-4,7H2,1H3,(H2,12,15). The van der Waals surface area contributed by atoms with Crippen LogP contribution in [0.3, 0.4) is 0 Å². The van der Waals surface area contributed by atoms with Crippen molar-refractivity contribution in [2.24, 2.45) is 11.7 Å². The molecule has 2 atom stereocenters. The number of hydrogen-bond acceptors (Lipinski definition) is 2. The fraction of sp³-hybridized carbons (Fsp3) is 0.636. The normalized spacial score (nSPS) is 26.5.